The van der Waals surface area contributed by atoms with E-state index in [-0.39, 0.29) is 26.5 Å². The molecule has 1 rings (SSSR count). The van der Waals surface area contributed by atoms with Gasteiger partial charge in [0.25, 0.3) is 0 Å². The second-order valence-corrected chi connectivity index (χ2v) is 3.85. The quantitative estimate of drug-likeness (QED) is 0.612. The molecule has 19 heavy (non-hydrogen) atoms. The molecule has 0 saturated carbocycles. The van der Waals surface area contributed by atoms with Crippen LogP contribution in [-0.2, 0) is 28.4 Å². The van der Waals surface area contributed by atoms with Crippen molar-refractivity contribution in [2.75, 3.05) is 41.7 Å². The molecule has 7 heteroatoms. The van der Waals surface area contributed by atoms with Crippen LogP contribution in [0.3, 0.4) is 0 Å². The fourth-order valence-corrected chi connectivity index (χ4v) is 1.69. The summed E-state index contributed by atoms with van der Waals surface area (Å²) in [7, 11) is 4.54. The smallest absolute Gasteiger partial charge is 0.147 e. The van der Waals surface area contributed by atoms with Crippen LogP contribution in [0.15, 0.2) is 12.2 Å². The van der Waals surface area contributed by atoms with Crippen molar-refractivity contribution in [2.45, 2.75) is 18.3 Å². The number of rotatable bonds is 9. The van der Waals surface area contributed by atoms with Crippen molar-refractivity contribution in [3.05, 3.63) is 18.3 Å². The Morgan fingerprint density at radius 1 is 0.947 bits per heavy atom. The maximum absolute atomic E-state index is 9.85. The summed E-state index contributed by atoms with van der Waals surface area (Å²) in [5, 5.41) is 9.85. The molecule has 0 aromatic carbocycles. The van der Waals surface area contributed by atoms with Crippen LogP contribution < -0.4 is 0 Å². The first kappa shape index (κ1) is 16.5. The minimum absolute atomic E-state index is 0.0341. The highest BCUT2D eigenvalue weighted by Gasteiger charge is 2.39. The lowest BCUT2D eigenvalue weighted by molar-refractivity contribution is -0.203. The standard InChI is InChI=1S/C12H21O7/c1-14-6-17-10-5-4-9(13)11(18-7-15-2)12(10)19-8-16-3/h4-5,10-13H,6-8H2,1-3H3. The molecule has 0 fully saturated rings. The third-order valence-electron chi connectivity index (χ3n) is 2.49. The van der Waals surface area contributed by atoms with E-state index in [1.165, 1.54) is 27.4 Å². The number of methoxy groups -OCH3 is 3. The van der Waals surface area contributed by atoms with E-state index >= 15 is 0 Å². The molecule has 0 amide bonds. The van der Waals surface area contributed by atoms with Crippen molar-refractivity contribution < 1.29 is 33.5 Å². The van der Waals surface area contributed by atoms with E-state index in [1.807, 2.05) is 0 Å². The molecule has 3 unspecified atom stereocenters. The van der Waals surface area contributed by atoms with Crippen LogP contribution in [0.4, 0.5) is 0 Å². The molecule has 0 heterocycles. The van der Waals surface area contributed by atoms with Crippen LogP contribution in [0.5, 0.6) is 0 Å². The van der Waals surface area contributed by atoms with E-state index in [9.17, 15) is 5.11 Å². The van der Waals surface area contributed by atoms with Gasteiger partial charge in [0.1, 0.15) is 44.8 Å². The lowest BCUT2D eigenvalue weighted by Gasteiger charge is -2.35. The molecule has 0 saturated heterocycles. The summed E-state index contributed by atoms with van der Waals surface area (Å²) < 4.78 is 31.0. The van der Waals surface area contributed by atoms with Crippen molar-refractivity contribution in [3.8, 4) is 0 Å². The van der Waals surface area contributed by atoms with Crippen molar-refractivity contribution in [1.29, 1.82) is 0 Å². The maximum Gasteiger partial charge on any atom is 0.147 e. The zero-order chi connectivity index (χ0) is 14.1. The minimum Gasteiger partial charge on any atom is -0.379 e. The lowest BCUT2D eigenvalue weighted by atomic mass is 9.96. The fourth-order valence-electron chi connectivity index (χ4n) is 1.69. The lowest BCUT2D eigenvalue weighted by Crippen LogP contribution is -2.48. The minimum atomic E-state index is -0.679. The number of hydrogen-bond donors (Lipinski definition) is 1. The Bertz CT molecular complexity index is 258. The monoisotopic (exact) mass is 277 g/mol. The molecule has 1 radical (unpaired) electrons. The van der Waals surface area contributed by atoms with Gasteiger partial charge in [-0.15, -0.1) is 0 Å². The summed E-state index contributed by atoms with van der Waals surface area (Å²) in [4.78, 5) is 0. The Hall–Kier alpha value is -0.540. The summed E-state index contributed by atoms with van der Waals surface area (Å²) in [5.74, 6) is 0. The third kappa shape index (κ3) is 5.15. The average Bonchev–Trinajstić information content (AvgIpc) is 2.42. The molecule has 0 aromatic rings. The van der Waals surface area contributed by atoms with Gasteiger partial charge in [-0.2, -0.15) is 0 Å². The highest BCUT2D eigenvalue weighted by molar-refractivity contribution is 5.18. The molecular weight excluding hydrogens is 256 g/mol. The van der Waals surface area contributed by atoms with Gasteiger partial charge in [0.05, 0.1) is 0 Å². The molecule has 111 valence electrons. The fraction of sp³-hybridized carbons (Fsp3) is 0.750. The zero-order valence-corrected chi connectivity index (χ0v) is 11.4. The van der Waals surface area contributed by atoms with Gasteiger partial charge in [-0.05, 0) is 6.08 Å². The first-order chi connectivity index (χ1) is 9.24. The molecular formula is C12H21O7. The Morgan fingerprint density at radius 2 is 1.53 bits per heavy atom. The molecule has 0 spiro atoms. The van der Waals surface area contributed by atoms with E-state index in [1.54, 1.807) is 6.08 Å². The number of ether oxygens (including phenoxy) is 6. The molecule has 7 nitrogen and oxygen atoms in total. The Balaban J connectivity index is 2.69. The highest BCUT2D eigenvalue weighted by Crippen LogP contribution is 2.26. The molecule has 0 aromatic heterocycles. The molecule has 1 aliphatic rings. The molecule has 0 aliphatic heterocycles. The number of aliphatic hydroxyl groups is 1. The molecule has 3 atom stereocenters. The number of aliphatic hydroxyl groups excluding tert-OH is 1. The molecule has 1 N–H and O–H groups in total. The maximum atomic E-state index is 9.85. The van der Waals surface area contributed by atoms with Crippen LogP contribution in [0.1, 0.15) is 0 Å². The second-order valence-electron chi connectivity index (χ2n) is 3.85. The summed E-state index contributed by atoms with van der Waals surface area (Å²) in [5.41, 5.74) is 0. The van der Waals surface area contributed by atoms with Crippen LogP contribution in [-0.4, -0.2) is 65.1 Å². The SMILES string of the molecule is COCOC1C=C[C](O)C(OCOC)C1OCOC. The van der Waals surface area contributed by atoms with E-state index in [2.05, 4.69) is 0 Å². The van der Waals surface area contributed by atoms with E-state index in [0.29, 0.717) is 0 Å². The third-order valence-corrected chi connectivity index (χ3v) is 2.49. The van der Waals surface area contributed by atoms with E-state index < -0.39 is 18.3 Å². The Morgan fingerprint density at radius 3 is 2.16 bits per heavy atom. The first-order valence-electron chi connectivity index (χ1n) is 5.80. The predicted octanol–water partition coefficient (Wildman–Crippen LogP) is 0.428. The van der Waals surface area contributed by atoms with Gasteiger partial charge in [0.15, 0.2) is 0 Å². The van der Waals surface area contributed by atoms with Crippen LogP contribution in [0.25, 0.3) is 0 Å². The summed E-state index contributed by atoms with van der Waals surface area (Å²) >= 11 is 0. The molecule has 1 aliphatic carbocycles. The van der Waals surface area contributed by atoms with E-state index in [0.717, 1.165) is 0 Å². The van der Waals surface area contributed by atoms with Gasteiger partial charge in [-0.1, -0.05) is 6.08 Å². The van der Waals surface area contributed by atoms with Crippen LogP contribution in [0, 0.1) is 6.10 Å². The molecule has 0 bridgehead atoms. The van der Waals surface area contributed by atoms with Crippen molar-refractivity contribution in [3.63, 3.8) is 0 Å². The normalized spacial score (nSPS) is 27.9. The largest absolute Gasteiger partial charge is 0.379 e. The van der Waals surface area contributed by atoms with Gasteiger partial charge < -0.3 is 33.5 Å². The summed E-state index contributed by atoms with van der Waals surface area (Å²) in [6.45, 7) is 0.206. The Labute approximate surface area is 113 Å². The van der Waals surface area contributed by atoms with Gasteiger partial charge in [-0.25, -0.2) is 0 Å². The predicted molar refractivity (Wildman–Crippen MR) is 64.6 cm³/mol. The van der Waals surface area contributed by atoms with Crippen LogP contribution >= 0.6 is 0 Å². The zero-order valence-electron chi connectivity index (χ0n) is 11.4. The van der Waals surface area contributed by atoms with Gasteiger partial charge >= 0.3 is 0 Å². The van der Waals surface area contributed by atoms with Crippen molar-refractivity contribution in [2.24, 2.45) is 0 Å². The summed E-state index contributed by atoms with van der Waals surface area (Å²) in [6, 6.07) is 0. The van der Waals surface area contributed by atoms with Gasteiger partial charge in [0, 0.05) is 21.3 Å². The number of hydrogen-bond acceptors (Lipinski definition) is 7. The van der Waals surface area contributed by atoms with Crippen LogP contribution in [0.2, 0.25) is 0 Å². The van der Waals surface area contributed by atoms with Gasteiger partial charge in [0.2, 0.25) is 0 Å². The topological polar surface area (TPSA) is 75.6 Å². The van der Waals surface area contributed by atoms with Crippen molar-refractivity contribution >= 4 is 0 Å². The van der Waals surface area contributed by atoms with E-state index in [4.69, 9.17) is 28.4 Å². The summed E-state index contributed by atoms with van der Waals surface area (Å²) in [6.07, 6.45) is 1.62. The highest BCUT2D eigenvalue weighted by atomic mass is 16.7. The van der Waals surface area contributed by atoms with Crippen molar-refractivity contribution in [1.82, 2.24) is 0 Å². The Kier molecular flexibility index (Phi) is 8.15. The van der Waals surface area contributed by atoms with Gasteiger partial charge in [-0.3, -0.25) is 0 Å². The average molecular weight is 277 g/mol. The second kappa shape index (κ2) is 9.38. The first-order valence-corrected chi connectivity index (χ1v) is 5.80.